The van der Waals surface area contributed by atoms with Crippen molar-refractivity contribution in [1.82, 2.24) is 5.32 Å². The van der Waals surface area contributed by atoms with Crippen molar-refractivity contribution >= 4 is 11.6 Å². The van der Waals surface area contributed by atoms with Crippen molar-refractivity contribution in [2.75, 3.05) is 19.7 Å². The second kappa shape index (κ2) is 6.77. The van der Waals surface area contributed by atoms with Gasteiger partial charge in [0.05, 0.1) is 11.6 Å². The van der Waals surface area contributed by atoms with Crippen LogP contribution in [0.3, 0.4) is 0 Å². The van der Waals surface area contributed by atoms with Crippen molar-refractivity contribution in [1.29, 1.82) is 0 Å². The normalized spacial score (nSPS) is 12.5. The van der Waals surface area contributed by atoms with Crippen LogP contribution >= 0.6 is 11.6 Å². The largest absolute Gasteiger partial charge is 0.492 e. The molecule has 1 atom stereocenters. The highest BCUT2D eigenvalue weighted by molar-refractivity contribution is 6.32. The highest BCUT2D eigenvalue weighted by Crippen LogP contribution is 2.25. The highest BCUT2D eigenvalue weighted by Gasteiger charge is 2.05. The van der Waals surface area contributed by atoms with E-state index in [1.165, 1.54) is 0 Å². The predicted octanol–water partition coefficient (Wildman–Crippen LogP) is 3.27. The topological polar surface area (TPSA) is 21.3 Å². The summed E-state index contributed by atoms with van der Waals surface area (Å²) in [6.07, 6.45) is 0. The fourth-order valence-corrected chi connectivity index (χ4v) is 1.69. The molecule has 3 heteroatoms. The summed E-state index contributed by atoms with van der Waals surface area (Å²) in [5, 5.41) is 3.99. The van der Waals surface area contributed by atoms with E-state index in [-0.39, 0.29) is 0 Å². The molecule has 0 saturated heterocycles. The number of nitrogens with one attached hydrogen (secondary N) is 1. The van der Waals surface area contributed by atoms with Crippen LogP contribution in [-0.4, -0.2) is 19.7 Å². The lowest BCUT2D eigenvalue weighted by molar-refractivity contribution is 0.256. The second-order valence-corrected chi connectivity index (χ2v) is 4.56. The number of hydrogen-bond acceptors (Lipinski definition) is 2. The molecule has 1 unspecified atom stereocenters. The minimum Gasteiger partial charge on any atom is -0.492 e. The first kappa shape index (κ1) is 13.3. The monoisotopic (exact) mass is 241 g/mol. The van der Waals surface area contributed by atoms with Gasteiger partial charge in [-0.2, -0.15) is 0 Å². The zero-order valence-electron chi connectivity index (χ0n) is 10.2. The summed E-state index contributed by atoms with van der Waals surface area (Å²) in [5.74, 6) is 1.26. The fraction of sp³-hybridized carbons (Fsp3) is 0.538. The van der Waals surface area contributed by atoms with Crippen molar-refractivity contribution in [3.05, 3.63) is 28.8 Å². The van der Waals surface area contributed by atoms with Crippen molar-refractivity contribution in [3.8, 4) is 5.75 Å². The van der Waals surface area contributed by atoms with E-state index in [0.717, 1.165) is 24.4 Å². The number of benzene rings is 1. The van der Waals surface area contributed by atoms with Gasteiger partial charge in [-0.25, -0.2) is 0 Å². The quantitative estimate of drug-likeness (QED) is 0.826. The molecule has 2 nitrogen and oxygen atoms in total. The Labute approximate surface area is 103 Å². The molecule has 0 bridgehead atoms. The Morgan fingerprint density at radius 3 is 2.81 bits per heavy atom. The fourth-order valence-electron chi connectivity index (χ4n) is 1.40. The lowest BCUT2D eigenvalue weighted by atomic mass is 10.2. The summed E-state index contributed by atoms with van der Waals surface area (Å²) in [4.78, 5) is 0. The third-order valence-electron chi connectivity index (χ3n) is 2.35. The van der Waals surface area contributed by atoms with Crippen LogP contribution < -0.4 is 10.1 Å². The van der Waals surface area contributed by atoms with Gasteiger partial charge in [0, 0.05) is 12.5 Å². The first-order chi connectivity index (χ1) is 7.63. The van der Waals surface area contributed by atoms with Gasteiger partial charge in [0.25, 0.3) is 0 Å². The molecule has 1 N–H and O–H groups in total. The van der Waals surface area contributed by atoms with Crippen molar-refractivity contribution in [2.24, 2.45) is 5.92 Å². The van der Waals surface area contributed by atoms with Gasteiger partial charge in [0.2, 0.25) is 0 Å². The standard InChI is InChI=1S/C13H20ClNO/c1-4-15-8-11(3)9-16-13-6-5-10(2)7-12(13)14/h5-7,11,15H,4,8-9H2,1-3H3. The van der Waals surface area contributed by atoms with Crippen LogP contribution in [0.25, 0.3) is 0 Å². The van der Waals surface area contributed by atoms with Gasteiger partial charge in [0.1, 0.15) is 5.75 Å². The summed E-state index contributed by atoms with van der Waals surface area (Å²) in [5.41, 5.74) is 1.15. The van der Waals surface area contributed by atoms with Crippen LogP contribution in [0.4, 0.5) is 0 Å². The molecule has 0 amide bonds. The van der Waals surface area contributed by atoms with Crippen molar-refractivity contribution in [2.45, 2.75) is 20.8 Å². The zero-order valence-corrected chi connectivity index (χ0v) is 11.0. The number of rotatable bonds is 6. The van der Waals surface area contributed by atoms with Gasteiger partial charge < -0.3 is 10.1 Å². The molecule has 0 aliphatic heterocycles. The maximum Gasteiger partial charge on any atom is 0.137 e. The second-order valence-electron chi connectivity index (χ2n) is 4.16. The zero-order chi connectivity index (χ0) is 12.0. The molecule has 0 spiro atoms. The maximum atomic E-state index is 6.08. The third kappa shape index (κ3) is 4.42. The molecule has 0 saturated carbocycles. The molecule has 0 aliphatic carbocycles. The SMILES string of the molecule is CCNCC(C)COc1ccc(C)cc1Cl. The van der Waals surface area contributed by atoms with E-state index in [0.29, 0.717) is 17.5 Å². The summed E-state index contributed by atoms with van der Waals surface area (Å²) in [6, 6.07) is 5.86. The summed E-state index contributed by atoms with van der Waals surface area (Å²) in [7, 11) is 0. The maximum absolute atomic E-state index is 6.08. The van der Waals surface area contributed by atoms with E-state index in [1.54, 1.807) is 0 Å². The van der Waals surface area contributed by atoms with Crippen LogP contribution in [0.2, 0.25) is 5.02 Å². The minimum atomic E-state index is 0.484. The third-order valence-corrected chi connectivity index (χ3v) is 2.65. The Kier molecular flexibility index (Phi) is 5.64. The molecule has 0 heterocycles. The molecule has 1 aromatic rings. The molecule has 90 valence electrons. The first-order valence-electron chi connectivity index (χ1n) is 5.73. The summed E-state index contributed by atoms with van der Waals surface area (Å²) in [6.45, 7) is 8.93. The predicted molar refractivity (Wildman–Crippen MR) is 69.4 cm³/mol. The number of halogens is 1. The molecule has 0 radical (unpaired) electrons. The highest BCUT2D eigenvalue weighted by atomic mass is 35.5. The lowest BCUT2D eigenvalue weighted by Crippen LogP contribution is -2.24. The number of hydrogen-bond donors (Lipinski definition) is 1. The molecule has 0 aromatic heterocycles. The van der Waals surface area contributed by atoms with Crippen LogP contribution in [0.1, 0.15) is 19.4 Å². The van der Waals surface area contributed by atoms with Crippen LogP contribution in [0.15, 0.2) is 18.2 Å². The van der Waals surface area contributed by atoms with E-state index in [9.17, 15) is 0 Å². The molecule has 1 aromatic carbocycles. The van der Waals surface area contributed by atoms with Crippen LogP contribution in [0.5, 0.6) is 5.75 Å². The number of aryl methyl sites for hydroxylation is 1. The summed E-state index contributed by atoms with van der Waals surface area (Å²) < 4.78 is 5.68. The van der Waals surface area contributed by atoms with Gasteiger partial charge in [-0.15, -0.1) is 0 Å². The van der Waals surface area contributed by atoms with Gasteiger partial charge >= 0.3 is 0 Å². The van der Waals surface area contributed by atoms with E-state index < -0.39 is 0 Å². The van der Waals surface area contributed by atoms with E-state index in [4.69, 9.17) is 16.3 Å². The van der Waals surface area contributed by atoms with Crippen LogP contribution in [-0.2, 0) is 0 Å². The van der Waals surface area contributed by atoms with Crippen LogP contribution in [0, 0.1) is 12.8 Å². The van der Waals surface area contributed by atoms with Gasteiger partial charge in [-0.3, -0.25) is 0 Å². The first-order valence-corrected chi connectivity index (χ1v) is 6.11. The van der Waals surface area contributed by atoms with E-state index >= 15 is 0 Å². The number of ether oxygens (including phenoxy) is 1. The van der Waals surface area contributed by atoms with Gasteiger partial charge in [0.15, 0.2) is 0 Å². The molecular weight excluding hydrogens is 222 g/mol. The molecule has 0 fully saturated rings. The Morgan fingerprint density at radius 1 is 1.44 bits per heavy atom. The molecular formula is C13H20ClNO. The Bertz CT molecular complexity index is 328. The van der Waals surface area contributed by atoms with E-state index in [2.05, 4.69) is 19.2 Å². The summed E-state index contributed by atoms with van der Waals surface area (Å²) >= 11 is 6.08. The Hall–Kier alpha value is -0.730. The Morgan fingerprint density at radius 2 is 2.19 bits per heavy atom. The van der Waals surface area contributed by atoms with Crippen molar-refractivity contribution in [3.63, 3.8) is 0 Å². The molecule has 1 rings (SSSR count). The van der Waals surface area contributed by atoms with E-state index in [1.807, 2.05) is 25.1 Å². The average molecular weight is 242 g/mol. The van der Waals surface area contributed by atoms with Gasteiger partial charge in [-0.1, -0.05) is 31.5 Å². The smallest absolute Gasteiger partial charge is 0.137 e. The molecule has 16 heavy (non-hydrogen) atoms. The Balaban J connectivity index is 2.42. The minimum absolute atomic E-state index is 0.484. The lowest BCUT2D eigenvalue weighted by Gasteiger charge is -2.14. The average Bonchev–Trinajstić information content (AvgIpc) is 2.25. The van der Waals surface area contributed by atoms with Gasteiger partial charge in [-0.05, 0) is 31.2 Å². The molecule has 0 aliphatic rings. The van der Waals surface area contributed by atoms with Crippen molar-refractivity contribution < 1.29 is 4.74 Å².